The molecule has 2 heterocycles. The summed E-state index contributed by atoms with van der Waals surface area (Å²) in [6.07, 6.45) is 1.60. The first-order valence-corrected chi connectivity index (χ1v) is 14.1. The molecule has 7 nitrogen and oxygen atoms in total. The minimum atomic E-state index is -1.42. The van der Waals surface area contributed by atoms with Crippen LogP contribution in [-0.4, -0.2) is 55.8 Å². The molecule has 0 bridgehead atoms. The summed E-state index contributed by atoms with van der Waals surface area (Å²) in [5, 5.41) is 20.1. The summed E-state index contributed by atoms with van der Waals surface area (Å²) < 4.78 is 20.0. The molecule has 9 heteroatoms. The van der Waals surface area contributed by atoms with E-state index in [-0.39, 0.29) is 18.2 Å². The molecule has 1 aliphatic rings. The van der Waals surface area contributed by atoms with Crippen molar-refractivity contribution in [2.24, 2.45) is 5.92 Å². The predicted molar refractivity (Wildman–Crippen MR) is 151 cm³/mol. The fourth-order valence-corrected chi connectivity index (χ4v) is 6.22. The summed E-state index contributed by atoms with van der Waals surface area (Å²) >= 11 is 1.42. The largest absolute Gasteiger partial charge is 0.453 e. The van der Waals surface area contributed by atoms with Crippen molar-refractivity contribution >= 4 is 23.3 Å². The molecule has 2 aromatic carbocycles. The number of methoxy groups -OCH3 is 1. The van der Waals surface area contributed by atoms with Crippen LogP contribution in [0.25, 0.3) is 10.4 Å². The molecular formula is C30H36FN3O4S. The van der Waals surface area contributed by atoms with Crippen LogP contribution in [0.1, 0.15) is 47.2 Å². The SMILES string of the molecule is CNCc1ccc(C(=O)N2CCCC(C(O)(CCCNC(=O)OC)c3cccc(F)c3-c3cccs3)C2)cc1. The van der Waals surface area contributed by atoms with Crippen molar-refractivity contribution < 1.29 is 23.8 Å². The number of carbonyl (C=O) groups excluding carboxylic acids is 2. The highest BCUT2D eigenvalue weighted by atomic mass is 32.1. The van der Waals surface area contributed by atoms with Gasteiger partial charge in [-0.15, -0.1) is 11.3 Å². The summed E-state index contributed by atoms with van der Waals surface area (Å²) in [4.78, 5) is 27.6. The number of carbonyl (C=O) groups is 2. The highest BCUT2D eigenvalue weighted by Gasteiger charge is 2.43. The van der Waals surface area contributed by atoms with Gasteiger partial charge in [-0.25, -0.2) is 9.18 Å². The second-order valence-corrected chi connectivity index (χ2v) is 10.9. The van der Waals surface area contributed by atoms with Crippen molar-refractivity contribution in [3.63, 3.8) is 0 Å². The maximum Gasteiger partial charge on any atom is 0.406 e. The Labute approximate surface area is 233 Å². The second kappa shape index (κ2) is 13.2. The zero-order chi connectivity index (χ0) is 27.8. The normalized spacial score (nSPS) is 16.9. The summed E-state index contributed by atoms with van der Waals surface area (Å²) in [5.41, 5.74) is 1.17. The fraction of sp³-hybridized carbons (Fsp3) is 0.400. The van der Waals surface area contributed by atoms with Crippen molar-refractivity contribution in [1.82, 2.24) is 15.5 Å². The predicted octanol–water partition coefficient (Wildman–Crippen LogP) is 5.15. The number of likely N-dealkylation sites (tertiary alicyclic amines) is 1. The molecule has 0 saturated carbocycles. The van der Waals surface area contributed by atoms with Crippen LogP contribution in [-0.2, 0) is 16.9 Å². The zero-order valence-corrected chi connectivity index (χ0v) is 23.2. The number of amides is 2. The minimum Gasteiger partial charge on any atom is -0.453 e. The number of thiophene rings is 1. The Balaban J connectivity index is 1.63. The van der Waals surface area contributed by atoms with Gasteiger partial charge in [0.15, 0.2) is 0 Å². The molecule has 4 rings (SSSR count). The van der Waals surface area contributed by atoms with E-state index in [1.807, 2.05) is 48.8 Å². The van der Waals surface area contributed by atoms with E-state index in [2.05, 4.69) is 15.4 Å². The molecule has 1 saturated heterocycles. The van der Waals surface area contributed by atoms with Crippen LogP contribution in [0.5, 0.6) is 0 Å². The van der Waals surface area contributed by atoms with Crippen molar-refractivity contribution in [3.8, 4) is 10.4 Å². The van der Waals surface area contributed by atoms with Crippen LogP contribution < -0.4 is 10.6 Å². The first-order valence-electron chi connectivity index (χ1n) is 13.3. The summed E-state index contributed by atoms with van der Waals surface area (Å²) in [5.74, 6) is -0.799. The Morgan fingerprint density at radius 1 is 1.18 bits per heavy atom. The molecule has 0 spiro atoms. The van der Waals surface area contributed by atoms with Gasteiger partial charge >= 0.3 is 6.09 Å². The number of nitrogens with zero attached hydrogens (tertiary/aromatic N) is 1. The molecule has 1 aromatic heterocycles. The first-order chi connectivity index (χ1) is 18.9. The lowest BCUT2D eigenvalue weighted by Gasteiger charge is -2.43. The second-order valence-electron chi connectivity index (χ2n) is 9.90. The maximum atomic E-state index is 15.3. The van der Waals surface area contributed by atoms with Crippen LogP contribution in [0.3, 0.4) is 0 Å². The van der Waals surface area contributed by atoms with Crippen molar-refractivity contribution in [3.05, 3.63) is 82.5 Å². The molecular weight excluding hydrogens is 517 g/mol. The molecule has 3 aromatic rings. The standard InChI is InChI=1S/C30H36FN3O4S/c1-32-19-21-11-13-22(14-12-21)28(35)34-17-4-7-23(20-34)30(37,15-6-16-33-29(36)38-2)24-8-3-9-25(31)27(24)26-10-5-18-39-26/h3,5,8-14,18,23,32,37H,4,6-7,15-17,19-20H2,1-2H3,(H,33,36). The number of hydrogen-bond donors (Lipinski definition) is 3. The minimum absolute atomic E-state index is 0.0804. The van der Waals surface area contributed by atoms with Gasteiger partial charge in [-0.3, -0.25) is 4.79 Å². The topological polar surface area (TPSA) is 90.9 Å². The smallest absolute Gasteiger partial charge is 0.406 e. The van der Waals surface area contributed by atoms with Crippen LogP contribution in [0.4, 0.5) is 9.18 Å². The summed E-state index contributed by atoms with van der Waals surface area (Å²) in [6.45, 7) is 1.96. The molecule has 39 heavy (non-hydrogen) atoms. The molecule has 3 N–H and O–H groups in total. The van der Waals surface area contributed by atoms with E-state index < -0.39 is 17.5 Å². The molecule has 1 aliphatic heterocycles. The van der Waals surface area contributed by atoms with Gasteiger partial charge in [0, 0.05) is 48.1 Å². The van der Waals surface area contributed by atoms with Crippen molar-refractivity contribution in [2.75, 3.05) is 33.8 Å². The molecule has 2 amide bonds. The van der Waals surface area contributed by atoms with Gasteiger partial charge < -0.3 is 25.4 Å². The number of piperidine rings is 1. The number of halogens is 1. The molecule has 208 valence electrons. The van der Waals surface area contributed by atoms with Gasteiger partial charge in [0.25, 0.3) is 5.91 Å². The van der Waals surface area contributed by atoms with Gasteiger partial charge in [0.2, 0.25) is 0 Å². The number of nitrogens with one attached hydrogen (secondary N) is 2. The van der Waals surface area contributed by atoms with Gasteiger partial charge in [0.1, 0.15) is 5.82 Å². The Kier molecular flexibility index (Phi) is 9.72. The van der Waals surface area contributed by atoms with E-state index in [0.717, 1.165) is 23.4 Å². The number of alkyl carbamates (subject to hydrolysis) is 1. The molecule has 2 unspecified atom stereocenters. The average Bonchev–Trinajstić information content (AvgIpc) is 3.50. The van der Waals surface area contributed by atoms with E-state index in [4.69, 9.17) is 0 Å². The van der Waals surface area contributed by atoms with E-state index in [1.165, 1.54) is 24.5 Å². The van der Waals surface area contributed by atoms with Crippen molar-refractivity contribution in [1.29, 1.82) is 0 Å². The van der Waals surface area contributed by atoms with Crippen molar-refractivity contribution in [2.45, 2.75) is 37.8 Å². The number of hydrogen-bond acceptors (Lipinski definition) is 6. The highest BCUT2D eigenvalue weighted by Crippen LogP contribution is 2.45. The van der Waals surface area contributed by atoms with Gasteiger partial charge in [0.05, 0.1) is 12.7 Å². The average molecular weight is 554 g/mol. The number of benzene rings is 2. The van der Waals surface area contributed by atoms with Crippen LogP contribution in [0.2, 0.25) is 0 Å². The third-order valence-corrected chi connectivity index (χ3v) is 8.29. The van der Waals surface area contributed by atoms with Crippen LogP contribution in [0, 0.1) is 11.7 Å². The highest BCUT2D eigenvalue weighted by molar-refractivity contribution is 7.13. The lowest BCUT2D eigenvalue weighted by atomic mass is 9.72. The molecule has 1 fully saturated rings. The lowest BCUT2D eigenvalue weighted by molar-refractivity contribution is -0.0564. The molecule has 2 atom stereocenters. The van der Waals surface area contributed by atoms with Crippen LogP contribution >= 0.6 is 11.3 Å². The number of rotatable bonds is 10. The monoisotopic (exact) mass is 553 g/mol. The van der Waals surface area contributed by atoms with E-state index >= 15 is 4.39 Å². The van der Waals surface area contributed by atoms with Crippen LogP contribution in [0.15, 0.2) is 60.0 Å². The Morgan fingerprint density at radius 2 is 1.97 bits per heavy atom. The lowest BCUT2D eigenvalue weighted by Crippen LogP contribution is -2.48. The summed E-state index contributed by atoms with van der Waals surface area (Å²) in [6, 6.07) is 16.1. The summed E-state index contributed by atoms with van der Waals surface area (Å²) in [7, 11) is 3.18. The fourth-order valence-electron chi connectivity index (χ4n) is 5.44. The van der Waals surface area contributed by atoms with E-state index in [1.54, 1.807) is 17.0 Å². The third-order valence-electron chi connectivity index (χ3n) is 7.40. The van der Waals surface area contributed by atoms with E-state index in [9.17, 15) is 14.7 Å². The molecule has 0 radical (unpaired) electrons. The first kappa shape index (κ1) is 28.7. The Morgan fingerprint density at radius 3 is 2.67 bits per heavy atom. The number of ether oxygens (including phenoxy) is 1. The molecule has 0 aliphatic carbocycles. The Bertz CT molecular complexity index is 1250. The van der Waals surface area contributed by atoms with Gasteiger partial charge in [-0.05, 0) is 73.5 Å². The Hall–Kier alpha value is -3.27. The maximum absolute atomic E-state index is 15.3. The number of aliphatic hydroxyl groups is 1. The quantitative estimate of drug-likeness (QED) is 0.302. The van der Waals surface area contributed by atoms with Gasteiger partial charge in [-0.2, -0.15) is 0 Å². The van der Waals surface area contributed by atoms with E-state index in [0.29, 0.717) is 49.2 Å². The van der Waals surface area contributed by atoms with Gasteiger partial charge in [-0.1, -0.05) is 30.3 Å². The zero-order valence-electron chi connectivity index (χ0n) is 22.4. The third kappa shape index (κ3) is 6.66.